The van der Waals surface area contributed by atoms with E-state index in [4.69, 9.17) is 12.2 Å². The first-order chi connectivity index (χ1) is 7.97. The first-order valence-corrected chi connectivity index (χ1v) is 6.72. The second-order valence-corrected chi connectivity index (χ2v) is 5.71. The number of anilines is 1. The molecule has 0 fully saturated rings. The minimum Gasteiger partial charge on any atom is -0.372 e. The van der Waals surface area contributed by atoms with Gasteiger partial charge in [0.05, 0.1) is 0 Å². The molecule has 96 valence electrons. The number of nitrogens with zero attached hydrogens (tertiary/aromatic N) is 1. The lowest BCUT2D eigenvalue weighted by Crippen LogP contribution is -2.09. The fourth-order valence-electron chi connectivity index (χ4n) is 1.58. The van der Waals surface area contributed by atoms with E-state index in [9.17, 15) is 0 Å². The van der Waals surface area contributed by atoms with Gasteiger partial charge in [-0.2, -0.15) is 0 Å². The average Bonchev–Trinajstić information content (AvgIpc) is 2.14. The van der Waals surface area contributed by atoms with Crippen molar-refractivity contribution in [2.75, 3.05) is 11.9 Å². The van der Waals surface area contributed by atoms with Crippen LogP contribution in [0.15, 0.2) is 6.07 Å². The maximum atomic E-state index is 5.17. The summed E-state index contributed by atoms with van der Waals surface area (Å²) in [6, 6.07) is 1.89. The molecule has 0 aliphatic heterocycles. The van der Waals surface area contributed by atoms with Gasteiger partial charge in [-0.1, -0.05) is 39.9 Å². The molecule has 4 heteroatoms. The van der Waals surface area contributed by atoms with Crippen molar-refractivity contribution in [3.8, 4) is 0 Å². The summed E-state index contributed by atoms with van der Waals surface area (Å²) in [6.07, 6.45) is 2.09. The molecule has 0 aliphatic rings. The van der Waals surface area contributed by atoms with Crippen molar-refractivity contribution in [3.05, 3.63) is 16.5 Å². The van der Waals surface area contributed by atoms with Gasteiger partial charge in [0, 0.05) is 19.0 Å². The second kappa shape index (κ2) is 6.74. The number of hydrogen-bond acceptors (Lipinski definition) is 3. The van der Waals surface area contributed by atoms with E-state index in [2.05, 4.69) is 43.0 Å². The minimum atomic E-state index is 0.582. The quantitative estimate of drug-likeness (QED) is 0.758. The Hall–Kier alpha value is -0.900. The summed E-state index contributed by atoms with van der Waals surface area (Å²) < 4.78 is 0.659. The molecule has 0 aromatic carbocycles. The maximum Gasteiger partial charge on any atom is 0.131 e. The second-order valence-electron chi connectivity index (χ2n) is 5.29. The van der Waals surface area contributed by atoms with Crippen molar-refractivity contribution >= 4 is 18.0 Å². The number of aromatic nitrogens is 2. The van der Waals surface area contributed by atoms with E-state index in [0.29, 0.717) is 16.5 Å². The van der Waals surface area contributed by atoms with E-state index in [1.165, 1.54) is 0 Å². The molecule has 0 spiro atoms. The van der Waals surface area contributed by atoms with E-state index in [1.54, 1.807) is 0 Å². The third-order valence-electron chi connectivity index (χ3n) is 2.43. The van der Waals surface area contributed by atoms with Gasteiger partial charge in [-0.3, -0.25) is 0 Å². The van der Waals surface area contributed by atoms with Gasteiger partial charge in [-0.05, 0) is 18.3 Å². The van der Waals surface area contributed by atoms with E-state index in [1.807, 2.05) is 6.07 Å². The van der Waals surface area contributed by atoms with E-state index in [0.717, 1.165) is 31.0 Å². The van der Waals surface area contributed by atoms with Gasteiger partial charge >= 0.3 is 0 Å². The van der Waals surface area contributed by atoms with Gasteiger partial charge in [0.25, 0.3) is 0 Å². The van der Waals surface area contributed by atoms with Gasteiger partial charge in [0.1, 0.15) is 16.3 Å². The van der Waals surface area contributed by atoms with Crippen molar-refractivity contribution < 1.29 is 0 Å². The fourth-order valence-corrected chi connectivity index (χ4v) is 1.81. The number of H-pyrrole nitrogens is 1. The smallest absolute Gasteiger partial charge is 0.131 e. The molecule has 1 aromatic rings. The first kappa shape index (κ1) is 14.2. The van der Waals surface area contributed by atoms with Gasteiger partial charge in [-0.15, -0.1) is 0 Å². The molecule has 1 aromatic heterocycles. The van der Waals surface area contributed by atoms with Crippen LogP contribution in [0.2, 0.25) is 0 Å². The SMILES string of the molecule is CC(C)CCNc1cc(=S)nc(CC(C)C)[nH]1. The molecule has 0 saturated heterocycles. The summed E-state index contributed by atoms with van der Waals surface area (Å²) >= 11 is 5.17. The average molecular weight is 253 g/mol. The van der Waals surface area contributed by atoms with Crippen LogP contribution in [0, 0.1) is 16.5 Å². The maximum absolute atomic E-state index is 5.17. The van der Waals surface area contributed by atoms with Gasteiger partial charge in [0.2, 0.25) is 0 Å². The van der Waals surface area contributed by atoms with Gasteiger partial charge in [0.15, 0.2) is 0 Å². The Labute approximate surface area is 109 Å². The lowest BCUT2D eigenvalue weighted by molar-refractivity contribution is 0.604. The first-order valence-electron chi connectivity index (χ1n) is 6.31. The Balaban J connectivity index is 2.65. The fraction of sp³-hybridized carbons (Fsp3) is 0.692. The third-order valence-corrected chi connectivity index (χ3v) is 2.64. The lowest BCUT2D eigenvalue weighted by atomic mass is 10.1. The van der Waals surface area contributed by atoms with Gasteiger partial charge in [-0.25, -0.2) is 4.98 Å². The zero-order valence-electron chi connectivity index (χ0n) is 11.2. The van der Waals surface area contributed by atoms with Crippen LogP contribution in [-0.2, 0) is 6.42 Å². The lowest BCUT2D eigenvalue weighted by Gasteiger charge is -2.10. The van der Waals surface area contributed by atoms with Crippen LogP contribution in [0.1, 0.15) is 39.9 Å². The number of rotatable bonds is 6. The van der Waals surface area contributed by atoms with Crippen molar-refractivity contribution in [3.63, 3.8) is 0 Å². The Morgan fingerprint density at radius 3 is 2.59 bits per heavy atom. The molecule has 0 radical (unpaired) electrons. The highest BCUT2D eigenvalue weighted by Crippen LogP contribution is 2.09. The summed E-state index contributed by atoms with van der Waals surface area (Å²) in [5.41, 5.74) is 0. The van der Waals surface area contributed by atoms with Crippen molar-refractivity contribution in [1.29, 1.82) is 0 Å². The molecule has 17 heavy (non-hydrogen) atoms. The van der Waals surface area contributed by atoms with Crippen LogP contribution in [0.25, 0.3) is 0 Å². The van der Waals surface area contributed by atoms with Crippen LogP contribution < -0.4 is 5.32 Å². The van der Waals surface area contributed by atoms with E-state index < -0.39 is 0 Å². The van der Waals surface area contributed by atoms with Crippen LogP contribution in [0.4, 0.5) is 5.82 Å². The monoisotopic (exact) mass is 253 g/mol. The largest absolute Gasteiger partial charge is 0.372 e. The summed E-state index contributed by atoms with van der Waals surface area (Å²) in [5, 5.41) is 3.37. The molecule has 0 amide bonds. The predicted molar refractivity (Wildman–Crippen MR) is 75.9 cm³/mol. The van der Waals surface area contributed by atoms with E-state index in [-0.39, 0.29) is 0 Å². The number of hydrogen-bond donors (Lipinski definition) is 2. The van der Waals surface area contributed by atoms with Gasteiger partial charge < -0.3 is 10.3 Å². The highest BCUT2D eigenvalue weighted by Gasteiger charge is 2.02. The topological polar surface area (TPSA) is 40.7 Å². The Kier molecular flexibility index (Phi) is 5.62. The summed E-state index contributed by atoms with van der Waals surface area (Å²) in [7, 11) is 0. The Morgan fingerprint density at radius 1 is 1.29 bits per heavy atom. The molecular formula is C13H23N3S. The van der Waals surface area contributed by atoms with Crippen molar-refractivity contribution in [2.45, 2.75) is 40.5 Å². The highest BCUT2D eigenvalue weighted by molar-refractivity contribution is 7.71. The molecule has 1 rings (SSSR count). The molecule has 3 nitrogen and oxygen atoms in total. The summed E-state index contributed by atoms with van der Waals surface area (Å²) in [4.78, 5) is 7.64. The Bertz CT molecular complexity index is 396. The third kappa shape index (κ3) is 5.82. The molecule has 0 saturated carbocycles. The molecule has 0 aliphatic carbocycles. The zero-order valence-corrected chi connectivity index (χ0v) is 12.0. The van der Waals surface area contributed by atoms with Crippen LogP contribution in [0.3, 0.4) is 0 Å². The summed E-state index contributed by atoms with van der Waals surface area (Å²) in [6.45, 7) is 9.77. The van der Waals surface area contributed by atoms with E-state index >= 15 is 0 Å². The standard InChI is InChI=1S/C13H23N3S/c1-9(2)5-6-14-11-8-13(17)16-12(15-11)7-10(3)4/h8-10H,5-7H2,1-4H3,(H2,14,15,16,17). The highest BCUT2D eigenvalue weighted by atomic mass is 32.1. The number of nitrogens with one attached hydrogen (secondary N) is 2. The molecule has 0 atom stereocenters. The molecule has 0 unspecified atom stereocenters. The summed E-state index contributed by atoms with van der Waals surface area (Å²) in [5.74, 6) is 3.25. The van der Waals surface area contributed by atoms with Crippen LogP contribution in [-0.4, -0.2) is 16.5 Å². The van der Waals surface area contributed by atoms with Crippen molar-refractivity contribution in [1.82, 2.24) is 9.97 Å². The Morgan fingerprint density at radius 2 is 2.00 bits per heavy atom. The molecule has 1 heterocycles. The van der Waals surface area contributed by atoms with Crippen LogP contribution in [0.5, 0.6) is 0 Å². The van der Waals surface area contributed by atoms with Crippen LogP contribution >= 0.6 is 12.2 Å². The molecule has 2 N–H and O–H groups in total. The molecular weight excluding hydrogens is 230 g/mol. The minimum absolute atomic E-state index is 0.582. The van der Waals surface area contributed by atoms with Crippen molar-refractivity contribution in [2.24, 2.45) is 11.8 Å². The predicted octanol–water partition coefficient (Wildman–Crippen LogP) is 3.80. The zero-order chi connectivity index (χ0) is 12.8. The number of aromatic amines is 1. The molecule has 0 bridgehead atoms. The normalized spacial score (nSPS) is 11.2.